The lowest BCUT2D eigenvalue weighted by molar-refractivity contribution is 0.0205. The van der Waals surface area contributed by atoms with Crippen LogP contribution in [0.1, 0.15) is 10.4 Å². The van der Waals surface area contributed by atoms with Crippen LogP contribution in [0.3, 0.4) is 0 Å². The molecule has 0 spiro atoms. The summed E-state index contributed by atoms with van der Waals surface area (Å²) in [4.78, 5) is 10.6. The fourth-order valence-electron chi connectivity index (χ4n) is 1.26. The van der Waals surface area contributed by atoms with Gasteiger partial charge in [0, 0.05) is 20.2 Å². The van der Waals surface area contributed by atoms with Crippen molar-refractivity contribution in [2.24, 2.45) is 0 Å². The maximum absolute atomic E-state index is 10.6. The normalized spacial score (nSPS) is 11.3. The summed E-state index contributed by atoms with van der Waals surface area (Å²) >= 11 is 0. The molecule has 5 heteroatoms. The van der Waals surface area contributed by atoms with Crippen LogP contribution in [0.2, 0.25) is 25.7 Å². The highest BCUT2D eigenvalue weighted by Crippen LogP contribution is 2.26. The van der Waals surface area contributed by atoms with Gasteiger partial charge in [0.25, 0.3) is 0 Å². The Morgan fingerprint density at radius 1 is 1.33 bits per heavy atom. The summed E-state index contributed by atoms with van der Waals surface area (Å²) in [5, 5.41) is 9.53. The molecule has 0 radical (unpaired) electrons. The van der Waals surface area contributed by atoms with E-state index in [9.17, 15) is 9.90 Å². The molecule has 0 aliphatic carbocycles. The first-order valence-corrected chi connectivity index (χ1v) is 9.62. The van der Waals surface area contributed by atoms with Gasteiger partial charge in [-0.25, -0.2) is 0 Å². The van der Waals surface area contributed by atoms with Gasteiger partial charge in [-0.15, -0.1) is 0 Å². The van der Waals surface area contributed by atoms with Gasteiger partial charge in [0.05, 0.1) is 0 Å². The molecule has 0 aliphatic rings. The number of benzene rings is 1. The van der Waals surface area contributed by atoms with Gasteiger partial charge in [-0.2, -0.15) is 0 Å². The zero-order valence-corrected chi connectivity index (χ0v) is 12.1. The third-order valence-electron chi connectivity index (χ3n) is 2.41. The minimum atomic E-state index is -1.09. The number of aldehydes is 1. The van der Waals surface area contributed by atoms with Crippen molar-refractivity contribution in [1.29, 1.82) is 0 Å². The lowest BCUT2D eigenvalue weighted by Gasteiger charge is -2.15. The monoisotopic (exact) mass is 268 g/mol. The Bertz CT molecular complexity index is 398. The number of aromatic hydroxyl groups is 1. The molecule has 0 fully saturated rings. The summed E-state index contributed by atoms with van der Waals surface area (Å²) in [6.45, 7) is 7.56. The molecular formula is C13H20O4Si. The van der Waals surface area contributed by atoms with Crippen LogP contribution in [0.15, 0.2) is 18.2 Å². The zero-order chi connectivity index (χ0) is 13.6. The second kappa shape index (κ2) is 6.56. The number of phenolic OH excluding ortho intramolecular Hbond substituents is 1. The Kier molecular flexibility index (Phi) is 5.37. The molecule has 0 bridgehead atoms. The number of rotatable bonds is 7. The largest absolute Gasteiger partial charge is 0.504 e. The lowest BCUT2D eigenvalue weighted by atomic mass is 10.2. The Morgan fingerprint density at radius 3 is 2.67 bits per heavy atom. The number of carbonyl (C=O) groups excluding carboxylic acids is 1. The van der Waals surface area contributed by atoms with Crippen molar-refractivity contribution in [3.8, 4) is 11.5 Å². The van der Waals surface area contributed by atoms with E-state index >= 15 is 0 Å². The average Bonchev–Trinajstić information content (AvgIpc) is 2.29. The number of ether oxygens (including phenoxy) is 2. The van der Waals surface area contributed by atoms with Gasteiger partial charge in [-0.05, 0) is 24.2 Å². The first-order chi connectivity index (χ1) is 8.42. The van der Waals surface area contributed by atoms with E-state index in [1.165, 1.54) is 18.2 Å². The standard InChI is InChI=1S/C13H20O4Si/c1-18(2,3)7-6-16-10-17-13-8-11(9-14)4-5-12(13)15/h4-5,8-9,15H,6-7,10H2,1-3H3. The van der Waals surface area contributed by atoms with E-state index in [0.717, 1.165) is 6.04 Å². The number of hydrogen-bond donors (Lipinski definition) is 1. The summed E-state index contributed by atoms with van der Waals surface area (Å²) < 4.78 is 10.6. The van der Waals surface area contributed by atoms with Crippen LogP contribution >= 0.6 is 0 Å². The van der Waals surface area contributed by atoms with E-state index in [1.807, 2.05) is 0 Å². The molecule has 0 saturated carbocycles. The molecule has 0 aromatic heterocycles. The highest BCUT2D eigenvalue weighted by Gasteiger charge is 2.12. The maximum Gasteiger partial charge on any atom is 0.189 e. The fourth-order valence-corrected chi connectivity index (χ4v) is 2.02. The minimum Gasteiger partial charge on any atom is -0.504 e. The summed E-state index contributed by atoms with van der Waals surface area (Å²) in [5.74, 6) is 0.280. The molecule has 0 saturated heterocycles. The van der Waals surface area contributed by atoms with Crippen LogP contribution in [0, 0.1) is 0 Å². The Morgan fingerprint density at radius 2 is 2.06 bits per heavy atom. The van der Waals surface area contributed by atoms with Gasteiger partial charge in [0.1, 0.15) is 6.29 Å². The third kappa shape index (κ3) is 5.33. The smallest absolute Gasteiger partial charge is 0.189 e. The predicted octanol–water partition coefficient (Wildman–Crippen LogP) is 2.90. The van der Waals surface area contributed by atoms with E-state index in [2.05, 4.69) is 19.6 Å². The van der Waals surface area contributed by atoms with Gasteiger partial charge in [-0.3, -0.25) is 4.79 Å². The zero-order valence-electron chi connectivity index (χ0n) is 11.1. The predicted molar refractivity (Wildman–Crippen MR) is 73.1 cm³/mol. The second-order valence-electron chi connectivity index (χ2n) is 5.33. The van der Waals surface area contributed by atoms with Crippen molar-refractivity contribution in [3.05, 3.63) is 23.8 Å². The molecule has 0 atom stereocenters. The summed E-state index contributed by atoms with van der Waals surface area (Å²) in [6, 6.07) is 5.52. The minimum absolute atomic E-state index is 0.00870. The molecule has 0 aliphatic heterocycles. The SMILES string of the molecule is C[Si](C)(C)CCOCOc1cc(C=O)ccc1O. The van der Waals surface area contributed by atoms with Gasteiger partial charge < -0.3 is 14.6 Å². The van der Waals surface area contributed by atoms with Crippen LogP contribution in [-0.2, 0) is 4.74 Å². The van der Waals surface area contributed by atoms with Crippen LogP contribution in [0.4, 0.5) is 0 Å². The van der Waals surface area contributed by atoms with Crippen molar-refractivity contribution in [2.45, 2.75) is 25.7 Å². The first kappa shape index (κ1) is 14.7. The van der Waals surface area contributed by atoms with Crippen LogP contribution in [-0.4, -0.2) is 32.9 Å². The molecule has 1 aromatic rings. The molecule has 0 heterocycles. The van der Waals surface area contributed by atoms with Gasteiger partial charge >= 0.3 is 0 Å². The lowest BCUT2D eigenvalue weighted by Crippen LogP contribution is -2.22. The van der Waals surface area contributed by atoms with E-state index in [4.69, 9.17) is 9.47 Å². The van der Waals surface area contributed by atoms with Crippen molar-refractivity contribution in [1.82, 2.24) is 0 Å². The van der Waals surface area contributed by atoms with E-state index in [1.54, 1.807) is 0 Å². The van der Waals surface area contributed by atoms with Crippen LogP contribution in [0.5, 0.6) is 11.5 Å². The Hall–Kier alpha value is -1.33. The topological polar surface area (TPSA) is 55.8 Å². The third-order valence-corrected chi connectivity index (χ3v) is 4.12. The van der Waals surface area contributed by atoms with Gasteiger partial charge in [-0.1, -0.05) is 19.6 Å². The highest BCUT2D eigenvalue weighted by atomic mass is 28.3. The fraction of sp³-hybridized carbons (Fsp3) is 0.462. The molecule has 0 unspecified atom stereocenters. The maximum atomic E-state index is 10.6. The molecule has 1 aromatic carbocycles. The van der Waals surface area contributed by atoms with Crippen molar-refractivity contribution in [3.63, 3.8) is 0 Å². The molecule has 1 N–H and O–H groups in total. The molecular weight excluding hydrogens is 248 g/mol. The molecule has 1 rings (SSSR count). The van der Waals surface area contributed by atoms with E-state index in [-0.39, 0.29) is 18.3 Å². The van der Waals surface area contributed by atoms with Crippen molar-refractivity contribution >= 4 is 14.4 Å². The van der Waals surface area contributed by atoms with Crippen LogP contribution < -0.4 is 4.74 Å². The summed E-state index contributed by atoms with van der Waals surface area (Å²) in [6.07, 6.45) is 0.707. The second-order valence-corrected chi connectivity index (χ2v) is 10.9. The molecule has 100 valence electrons. The van der Waals surface area contributed by atoms with Gasteiger partial charge in [0.2, 0.25) is 0 Å². The number of hydrogen-bond acceptors (Lipinski definition) is 4. The summed E-state index contributed by atoms with van der Waals surface area (Å²) in [7, 11) is -1.09. The Labute approximate surface area is 109 Å². The quantitative estimate of drug-likeness (QED) is 0.357. The van der Waals surface area contributed by atoms with Gasteiger partial charge in [0.15, 0.2) is 18.3 Å². The first-order valence-electron chi connectivity index (χ1n) is 5.91. The number of phenols is 1. The van der Waals surface area contributed by atoms with Crippen LogP contribution in [0.25, 0.3) is 0 Å². The average molecular weight is 268 g/mol. The molecule has 18 heavy (non-hydrogen) atoms. The number of carbonyl (C=O) groups is 1. The molecule has 4 nitrogen and oxygen atoms in total. The summed E-state index contributed by atoms with van der Waals surface area (Å²) in [5.41, 5.74) is 0.463. The van der Waals surface area contributed by atoms with Crippen molar-refractivity contribution in [2.75, 3.05) is 13.4 Å². The molecule has 0 amide bonds. The highest BCUT2D eigenvalue weighted by molar-refractivity contribution is 6.76. The van der Waals surface area contributed by atoms with Crippen molar-refractivity contribution < 1.29 is 19.4 Å². The van der Waals surface area contributed by atoms with E-state index in [0.29, 0.717) is 18.5 Å². The van der Waals surface area contributed by atoms with E-state index < -0.39 is 8.07 Å². The Balaban J connectivity index is 2.37.